The molecule has 24 heteroatoms. The number of thiol groups is 2. The summed E-state index contributed by atoms with van der Waals surface area (Å²) in [4.78, 5) is 25.9. The molecule has 7 rings (SSSR count). The third kappa shape index (κ3) is 6.47. The van der Waals surface area contributed by atoms with Gasteiger partial charge in [0.2, 0.25) is 13.1 Å². The number of rotatable bonds is 14. The Hall–Kier alpha value is -2.33. The van der Waals surface area contributed by atoms with E-state index in [0.29, 0.717) is 29.0 Å². The third-order valence-electron chi connectivity index (χ3n) is 8.71. The molecular formula is C26H32FN9O9P2S3. The molecule has 11 atom stereocenters. The second-order valence-electron chi connectivity index (χ2n) is 11.4. The minimum atomic E-state index is -2.65. The predicted molar refractivity (Wildman–Crippen MR) is 186 cm³/mol. The lowest BCUT2D eigenvalue weighted by atomic mass is 9.94. The van der Waals surface area contributed by atoms with Crippen LogP contribution in [0.5, 0.6) is 5.88 Å². The summed E-state index contributed by atoms with van der Waals surface area (Å²) in [5.74, 6) is 0.639. The molecule has 2 bridgehead atoms. The average molecular weight is 792 g/mol. The molecule has 50 heavy (non-hydrogen) atoms. The average Bonchev–Trinajstić information content (AvgIpc) is 3.90. The van der Waals surface area contributed by atoms with E-state index >= 15 is 4.39 Å². The lowest BCUT2D eigenvalue weighted by molar-refractivity contribution is -0.216. The zero-order chi connectivity index (χ0) is 35.2. The van der Waals surface area contributed by atoms with Crippen molar-refractivity contribution in [2.45, 2.75) is 61.7 Å². The van der Waals surface area contributed by atoms with Crippen LogP contribution in [0.1, 0.15) is 19.4 Å². The SMILES string of the molecule is C[C@@H]1O[C@H]2[C@H](n3cnc4c(NC/C=C/COc5ncnc6c5ncn6[C@@H]5O[C@H](CO)[C@@H](O[PH](=S)S)[C@H]5F)ncnc43)O[C@]1(CO)[C@H]2O[PH](=O)S. The van der Waals surface area contributed by atoms with Crippen molar-refractivity contribution in [1.82, 2.24) is 39.0 Å². The molecule has 4 aromatic rings. The van der Waals surface area contributed by atoms with Gasteiger partial charge in [-0.3, -0.25) is 13.7 Å². The molecule has 3 fully saturated rings. The fourth-order valence-corrected chi connectivity index (χ4v) is 8.50. The second kappa shape index (κ2) is 15.0. The normalized spacial score (nSPS) is 32.0. The van der Waals surface area contributed by atoms with Crippen molar-refractivity contribution in [1.29, 1.82) is 0 Å². The molecule has 0 amide bonds. The number of alkyl halides is 1. The number of nitrogens with zero attached hydrogens (tertiary/aromatic N) is 8. The zero-order valence-electron chi connectivity index (χ0n) is 25.9. The van der Waals surface area contributed by atoms with Crippen LogP contribution in [-0.4, -0.2) is 118 Å². The Labute approximate surface area is 299 Å². The maximum absolute atomic E-state index is 15.4. The summed E-state index contributed by atoms with van der Waals surface area (Å²) >= 11 is 13.0. The van der Waals surface area contributed by atoms with Crippen molar-refractivity contribution in [2.24, 2.45) is 0 Å². The van der Waals surface area contributed by atoms with Gasteiger partial charge in [-0.1, -0.05) is 30.1 Å². The fraction of sp³-hybridized carbons (Fsp3) is 0.538. The molecule has 18 nitrogen and oxygen atoms in total. The number of fused-ring (bicyclic) bond motifs is 4. The summed E-state index contributed by atoms with van der Waals surface area (Å²) in [5.41, 5.74) is 0.265. The van der Waals surface area contributed by atoms with Gasteiger partial charge in [0.25, 0.3) is 0 Å². The minimum absolute atomic E-state index is 0.126. The highest BCUT2D eigenvalue weighted by atomic mass is 32.9. The van der Waals surface area contributed by atoms with Gasteiger partial charge in [-0.2, -0.15) is 4.98 Å². The Bertz CT molecular complexity index is 1950. The summed E-state index contributed by atoms with van der Waals surface area (Å²) in [6, 6.07) is 0. The summed E-state index contributed by atoms with van der Waals surface area (Å²) in [7, 11) is -2.65. The van der Waals surface area contributed by atoms with Gasteiger partial charge in [-0.25, -0.2) is 29.3 Å². The fourth-order valence-electron chi connectivity index (χ4n) is 6.40. The van der Waals surface area contributed by atoms with Gasteiger partial charge in [0.15, 0.2) is 46.8 Å². The Morgan fingerprint density at radius 1 is 1.04 bits per heavy atom. The van der Waals surface area contributed by atoms with E-state index in [1.54, 1.807) is 17.6 Å². The Balaban J connectivity index is 0.984. The summed E-state index contributed by atoms with van der Waals surface area (Å²) in [6.07, 6.45) is -0.405. The van der Waals surface area contributed by atoms with Gasteiger partial charge in [0, 0.05) is 6.54 Å². The van der Waals surface area contributed by atoms with Crippen LogP contribution < -0.4 is 10.1 Å². The first-order valence-corrected chi connectivity index (χ1v) is 21.6. The van der Waals surface area contributed by atoms with Crippen LogP contribution in [0.3, 0.4) is 0 Å². The van der Waals surface area contributed by atoms with Crippen LogP contribution in [0, 0.1) is 0 Å². The van der Waals surface area contributed by atoms with Gasteiger partial charge >= 0.3 is 0 Å². The smallest absolute Gasteiger partial charge is 0.245 e. The van der Waals surface area contributed by atoms with E-state index in [9.17, 15) is 14.8 Å². The van der Waals surface area contributed by atoms with Crippen LogP contribution in [0.15, 0.2) is 37.5 Å². The summed E-state index contributed by atoms with van der Waals surface area (Å²) in [6.45, 7) is 1.37. The molecule has 0 radical (unpaired) electrons. The second-order valence-corrected chi connectivity index (χ2v) is 17.3. The maximum Gasteiger partial charge on any atom is 0.245 e. The molecule has 7 heterocycles. The molecule has 0 spiro atoms. The van der Waals surface area contributed by atoms with E-state index < -0.39 is 81.3 Å². The van der Waals surface area contributed by atoms with Crippen molar-refractivity contribution >= 4 is 77.8 Å². The number of hydrogen-bond donors (Lipinski definition) is 5. The predicted octanol–water partition coefficient (Wildman–Crippen LogP) is 1.81. The van der Waals surface area contributed by atoms with Crippen LogP contribution in [0.4, 0.5) is 10.2 Å². The number of ether oxygens (including phenoxy) is 4. The lowest BCUT2D eigenvalue weighted by Gasteiger charge is -2.34. The van der Waals surface area contributed by atoms with E-state index in [2.05, 4.69) is 59.7 Å². The van der Waals surface area contributed by atoms with E-state index in [1.807, 2.05) is 6.08 Å². The third-order valence-corrected chi connectivity index (χ3v) is 10.6. The zero-order valence-corrected chi connectivity index (χ0v) is 30.5. The highest BCUT2D eigenvalue weighted by molar-refractivity contribution is 8.54. The molecule has 2 unspecified atom stereocenters. The Morgan fingerprint density at radius 3 is 2.48 bits per heavy atom. The molecule has 270 valence electrons. The molecule has 3 aliphatic heterocycles. The topological polar surface area (TPSA) is 212 Å². The minimum Gasteiger partial charge on any atom is -0.472 e. The highest BCUT2D eigenvalue weighted by Crippen LogP contribution is 2.53. The standard InChI is InChI=1S/C26H32FN9O9P2S3/c1-12-26(7-38)19(45-46(39)48)18(41-12)25(43-26)36-10-33-15-20(29-8-30-21(15)36)28-4-2-3-5-40-23-16-22(31-9-32-23)35(11-34-16)24-14(27)17(44-47(49)50)13(6-37)42-24/h2-3,8-14,17-19,24-25,37-38,46-47H,4-7H2,1H3,(H,39,48)(H,49,50)(H,28,29,30)/b3-2+/t12-,13+,14+,17+,18+,19-,24+,25+,26-/m0/s1. The van der Waals surface area contributed by atoms with E-state index in [1.165, 1.54) is 29.9 Å². The molecule has 3 aliphatic rings. The van der Waals surface area contributed by atoms with Crippen molar-refractivity contribution in [3.05, 3.63) is 37.5 Å². The molecule has 3 saturated heterocycles. The van der Waals surface area contributed by atoms with Gasteiger partial charge in [0.1, 0.15) is 55.4 Å². The van der Waals surface area contributed by atoms with E-state index in [0.717, 1.165) is 0 Å². The number of imidazole rings is 2. The number of hydrogen-bond acceptors (Lipinski definition) is 17. The van der Waals surface area contributed by atoms with Crippen molar-refractivity contribution in [2.75, 3.05) is 31.7 Å². The van der Waals surface area contributed by atoms with Gasteiger partial charge in [-0.15, -0.1) is 12.2 Å². The number of anilines is 1. The number of nitrogens with one attached hydrogen (secondary N) is 1. The number of aliphatic hydroxyl groups is 2. The molecular weight excluding hydrogens is 759 g/mol. The van der Waals surface area contributed by atoms with Crippen LogP contribution >= 0.6 is 37.9 Å². The van der Waals surface area contributed by atoms with Gasteiger partial charge in [0.05, 0.1) is 32.0 Å². The van der Waals surface area contributed by atoms with Crippen molar-refractivity contribution < 1.29 is 47.2 Å². The quantitative estimate of drug-likeness (QED) is 0.0700. The largest absolute Gasteiger partial charge is 0.472 e. The molecule has 4 aromatic heterocycles. The Kier molecular flexibility index (Phi) is 10.8. The first-order valence-electron chi connectivity index (χ1n) is 15.2. The summed E-state index contributed by atoms with van der Waals surface area (Å²) < 4.78 is 65.2. The van der Waals surface area contributed by atoms with E-state index in [-0.39, 0.29) is 18.1 Å². The lowest BCUT2D eigenvalue weighted by Crippen LogP contribution is -2.49. The van der Waals surface area contributed by atoms with Gasteiger partial charge in [-0.05, 0) is 13.0 Å². The highest BCUT2D eigenvalue weighted by Gasteiger charge is 2.67. The number of halogens is 1. The first kappa shape index (κ1) is 36.0. The first-order chi connectivity index (χ1) is 24.2. The van der Waals surface area contributed by atoms with Crippen LogP contribution in [0.2, 0.25) is 0 Å². The monoisotopic (exact) mass is 791 g/mol. The Morgan fingerprint density at radius 2 is 1.76 bits per heavy atom. The molecule has 0 aromatic carbocycles. The van der Waals surface area contributed by atoms with Gasteiger partial charge < -0.3 is 43.5 Å². The van der Waals surface area contributed by atoms with Crippen LogP contribution in [-0.2, 0) is 39.6 Å². The molecule has 0 saturated carbocycles. The molecule has 3 N–H and O–H groups in total. The van der Waals surface area contributed by atoms with Crippen molar-refractivity contribution in [3.63, 3.8) is 0 Å². The van der Waals surface area contributed by atoms with Crippen LogP contribution in [0.25, 0.3) is 22.3 Å². The van der Waals surface area contributed by atoms with Crippen molar-refractivity contribution in [3.8, 4) is 5.88 Å². The molecule has 0 aliphatic carbocycles. The number of aliphatic hydroxyl groups excluding tert-OH is 2. The maximum atomic E-state index is 15.4. The van der Waals surface area contributed by atoms with E-state index in [4.69, 9.17) is 39.8 Å². The summed E-state index contributed by atoms with van der Waals surface area (Å²) in [5, 5.41) is 23.1. The number of aromatic nitrogens is 8.